The number of nitrogens with two attached hydrogens (primary N) is 1. The summed E-state index contributed by atoms with van der Waals surface area (Å²) in [7, 11) is 0. The molecular weight excluding hydrogens is 219 g/mol. The van der Waals surface area contributed by atoms with Crippen LogP contribution in [-0.2, 0) is 0 Å². The minimum Gasteiger partial charge on any atom is -0.350 e. The summed E-state index contributed by atoms with van der Waals surface area (Å²) < 4.78 is 14.0. The van der Waals surface area contributed by atoms with Gasteiger partial charge in [-0.3, -0.25) is 0 Å². The summed E-state index contributed by atoms with van der Waals surface area (Å²) in [4.78, 5) is 9.86. The van der Waals surface area contributed by atoms with Gasteiger partial charge in [-0.2, -0.15) is 0 Å². The molecule has 2 N–H and O–H groups in total. The second kappa shape index (κ2) is 6.49. The molecule has 0 aromatic carbocycles. The van der Waals surface area contributed by atoms with E-state index in [0.29, 0.717) is 24.6 Å². The van der Waals surface area contributed by atoms with E-state index in [1.54, 1.807) is 6.92 Å². The van der Waals surface area contributed by atoms with E-state index in [2.05, 4.69) is 23.8 Å². The third kappa shape index (κ3) is 3.12. The Morgan fingerprint density at radius 2 is 2.00 bits per heavy atom. The molecule has 0 spiro atoms. The van der Waals surface area contributed by atoms with E-state index in [-0.39, 0.29) is 11.9 Å². The molecule has 0 saturated heterocycles. The lowest BCUT2D eigenvalue weighted by Crippen LogP contribution is -2.39. The third-order valence-corrected chi connectivity index (χ3v) is 2.97. The van der Waals surface area contributed by atoms with Crippen molar-refractivity contribution in [1.29, 1.82) is 0 Å². The largest absolute Gasteiger partial charge is 0.350 e. The van der Waals surface area contributed by atoms with Crippen LogP contribution in [0.2, 0.25) is 0 Å². The van der Waals surface area contributed by atoms with E-state index in [1.165, 1.54) is 6.33 Å². The highest BCUT2D eigenvalue weighted by Crippen LogP contribution is 2.21. The van der Waals surface area contributed by atoms with Crippen LogP contribution in [0.25, 0.3) is 0 Å². The minimum absolute atomic E-state index is 0.266. The molecule has 4 nitrogen and oxygen atoms in total. The maximum Gasteiger partial charge on any atom is 0.186 e. The molecule has 96 valence electrons. The molecular formula is C12H21FN4. The van der Waals surface area contributed by atoms with Gasteiger partial charge in [0.1, 0.15) is 6.33 Å². The number of hydrogen-bond donors (Lipinski definition) is 1. The molecule has 17 heavy (non-hydrogen) atoms. The lowest BCUT2D eigenvalue weighted by atomic mass is 10.1. The molecule has 0 aliphatic rings. The summed E-state index contributed by atoms with van der Waals surface area (Å²) >= 11 is 0. The molecule has 1 aromatic rings. The number of rotatable bonds is 6. The summed E-state index contributed by atoms with van der Waals surface area (Å²) in [5.41, 5.74) is 5.97. The fraction of sp³-hybridized carbons (Fsp3) is 0.667. The minimum atomic E-state index is -0.340. The van der Waals surface area contributed by atoms with Crippen molar-refractivity contribution in [3.05, 3.63) is 17.8 Å². The molecule has 0 atom stereocenters. The molecule has 0 bridgehead atoms. The van der Waals surface area contributed by atoms with Crippen molar-refractivity contribution in [3.63, 3.8) is 0 Å². The van der Waals surface area contributed by atoms with Gasteiger partial charge in [-0.25, -0.2) is 14.4 Å². The lowest BCUT2D eigenvalue weighted by Gasteiger charge is -2.31. The van der Waals surface area contributed by atoms with Crippen molar-refractivity contribution in [1.82, 2.24) is 9.97 Å². The Hall–Kier alpha value is -1.23. The number of aryl methyl sites for hydroxylation is 1. The van der Waals surface area contributed by atoms with E-state index in [4.69, 9.17) is 5.73 Å². The van der Waals surface area contributed by atoms with Crippen LogP contribution < -0.4 is 10.6 Å². The summed E-state index contributed by atoms with van der Waals surface area (Å²) in [5, 5.41) is 0. The van der Waals surface area contributed by atoms with E-state index in [1.807, 2.05) is 4.90 Å². The van der Waals surface area contributed by atoms with Gasteiger partial charge in [0, 0.05) is 19.1 Å². The van der Waals surface area contributed by atoms with E-state index in [0.717, 1.165) is 12.8 Å². The summed E-state index contributed by atoms with van der Waals surface area (Å²) in [6, 6.07) is 0.266. The van der Waals surface area contributed by atoms with E-state index >= 15 is 0 Å². The zero-order chi connectivity index (χ0) is 12.8. The topological polar surface area (TPSA) is 55.0 Å². The standard InChI is InChI=1S/C12H21FN4/c1-4-10(5-2)17(7-6-14)12-11(13)9(3)15-8-16-12/h8,10H,4-7,14H2,1-3H3. The van der Waals surface area contributed by atoms with E-state index in [9.17, 15) is 4.39 Å². The molecule has 0 aliphatic heterocycles. The molecule has 0 fully saturated rings. The maximum absolute atomic E-state index is 14.0. The average Bonchev–Trinajstić information content (AvgIpc) is 2.33. The zero-order valence-corrected chi connectivity index (χ0v) is 10.8. The SMILES string of the molecule is CCC(CC)N(CCN)c1ncnc(C)c1F. The summed E-state index contributed by atoms with van der Waals surface area (Å²) in [6.45, 7) is 6.92. The molecule has 1 heterocycles. The normalized spacial score (nSPS) is 10.9. The zero-order valence-electron chi connectivity index (χ0n) is 10.8. The highest BCUT2D eigenvalue weighted by molar-refractivity contribution is 5.42. The van der Waals surface area contributed by atoms with Gasteiger partial charge in [-0.1, -0.05) is 13.8 Å². The van der Waals surface area contributed by atoms with Gasteiger partial charge in [-0.05, 0) is 19.8 Å². The number of aromatic nitrogens is 2. The molecule has 0 radical (unpaired) electrons. The Bertz CT molecular complexity index is 352. The van der Waals surface area contributed by atoms with Crippen LogP contribution >= 0.6 is 0 Å². The Labute approximate surface area is 102 Å². The Morgan fingerprint density at radius 1 is 1.35 bits per heavy atom. The first-order valence-corrected chi connectivity index (χ1v) is 6.09. The Morgan fingerprint density at radius 3 is 2.53 bits per heavy atom. The predicted octanol–water partition coefficient (Wildman–Crippen LogP) is 1.88. The van der Waals surface area contributed by atoms with Gasteiger partial charge in [0.2, 0.25) is 0 Å². The fourth-order valence-electron chi connectivity index (χ4n) is 1.98. The Balaban J connectivity index is 3.08. The number of anilines is 1. The molecule has 1 rings (SSSR count). The van der Waals surface area contributed by atoms with Crippen molar-refractivity contribution in [2.24, 2.45) is 5.73 Å². The number of hydrogen-bond acceptors (Lipinski definition) is 4. The summed E-state index contributed by atoms with van der Waals surface area (Å²) in [6.07, 6.45) is 3.29. The third-order valence-electron chi connectivity index (χ3n) is 2.97. The number of halogens is 1. The monoisotopic (exact) mass is 240 g/mol. The molecule has 0 unspecified atom stereocenters. The average molecular weight is 240 g/mol. The van der Waals surface area contributed by atoms with Crippen LogP contribution in [-0.4, -0.2) is 29.1 Å². The van der Waals surface area contributed by atoms with Gasteiger partial charge in [-0.15, -0.1) is 0 Å². The molecule has 1 aromatic heterocycles. The van der Waals surface area contributed by atoms with Crippen LogP contribution in [0.3, 0.4) is 0 Å². The first-order valence-electron chi connectivity index (χ1n) is 6.09. The van der Waals surface area contributed by atoms with E-state index < -0.39 is 0 Å². The van der Waals surface area contributed by atoms with Crippen molar-refractivity contribution >= 4 is 5.82 Å². The quantitative estimate of drug-likeness (QED) is 0.825. The maximum atomic E-state index is 14.0. The second-order valence-corrected chi connectivity index (χ2v) is 4.05. The first kappa shape index (κ1) is 13.8. The van der Waals surface area contributed by atoms with Gasteiger partial charge in [0.05, 0.1) is 5.69 Å². The molecule has 5 heteroatoms. The first-order chi connectivity index (χ1) is 8.15. The van der Waals surface area contributed by atoms with Crippen LogP contribution in [0.5, 0.6) is 0 Å². The van der Waals surface area contributed by atoms with Gasteiger partial charge >= 0.3 is 0 Å². The highest BCUT2D eigenvalue weighted by atomic mass is 19.1. The van der Waals surface area contributed by atoms with Crippen molar-refractivity contribution in [3.8, 4) is 0 Å². The van der Waals surface area contributed by atoms with Crippen molar-refractivity contribution in [2.45, 2.75) is 39.7 Å². The Kier molecular flexibility index (Phi) is 5.28. The van der Waals surface area contributed by atoms with Gasteiger partial charge < -0.3 is 10.6 Å². The van der Waals surface area contributed by atoms with Crippen molar-refractivity contribution < 1.29 is 4.39 Å². The predicted molar refractivity (Wildman–Crippen MR) is 67.5 cm³/mol. The van der Waals surface area contributed by atoms with Crippen LogP contribution in [0.15, 0.2) is 6.33 Å². The van der Waals surface area contributed by atoms with Gasteiger partial charge in [0.15, 0.2) is 11.6 Å². The lowest BCUT2D eigenvalue weighted by molar-refractivity contribution is 0.526. The molecule has 0 aliphatic carbocycles. The molecule has 0 amide bonds. The highest BCUT2D eigenvalue weighted by Gasteiger charge is 2.20. The van der Waals surface area contributed by atoms with Crippen molar-refractivity contribution in [2.75, 3.05) is 18.0 Å². The molecule has 0 saturated carbocycles. The second-order valence-electron chi connectivity index (χ2n) is 4.05. The van der Waals surface area contributed by atoms with Crippen LogP contribution in [0.4, 0.5) is 10.2 Å². The smallest absolute Gasteiger partial charge is 0.186 e. The summed E-state index contributed by atoms with van der Waals surface area (Å²) in [5.74, 6) is 0.0319. The van der Waals surface area contributed by atoms with Crippen LogP contribution in [0.1, 0.15) is 32.4 Å². The fourth-order valence-corrected chi connectivity index (χ4v) is 1.98. The van der Waals surface area contributed by atoms with Gasteiger partial charge in [0.25, 0.3) is 0 Å². The number of nitrogens with zero attached hydrogens (tertiary/aromatic N) is 3. The van der Waals surface area contributed by atoms with Crippen LogP contribution in [0, 0.1) is 12.7 Å².